The van der Waals surface area contributed by atoms with Crippen LogP contribution < -0.4 is 10.6 Å². The van der Waals surface area contributed by atoms with Crippen LogP contribution in [0.15, 0.2) is 29.3 Å². The maximum absolute atomic E-state index is 13.8. The molecular weight excluding hydrogens is 510 g/mol. The number of hydrogen-bond donors (Lipinski definition) is 2. The number of hydrogen-bond acceptors (Lipinski definition) is 4. The Bertz CT molecular complexity index is 652. The Balaban J connectivity index is 0.00000341. The Labute approximate surface area is 203 Å². The molecule has 0 spiro atoms. The molecule has 31 heavy (non-hydrogen) atoms. The second-order valence-corrected chi connectivity index (χ2v) is 8.08. The van der Waals surface area contributed by atoms with Crippen molar-refractivity contribution in [1.82, 2.24) is 15.5 Å². The van der Waals surface area contributed by atoms with Gasteiger partial charge in [-0.2, -0.15) is 0 Å². The fourth-order valence-electron chi connectivity index (χ4n) is 4.24. The molecule has 1 aromatic carbocycles. The quantitative estimate of drug-likeness (QED) is 0.213. The average molecular weight is 548 g/mol. The van der Waals surface area contributed by atoms with Gasteiger partial charge in [-0.3, -0.25) is 9.89 Å². The van der Waals surface area contributed by atoms with Crippen LogP contribution in [0.4, 0.5) is 4.39 Å². The summed E-state index contributed by atoms with van der Waals surface area (Å²) < 4.78 is 25.3. The molecule has 2 N–H and O–H groups in total. The topological polar surface area (TPSA) is 58.1 Å². The minimum atomic E-state index is -0.203. The first kappa shape index (κ1) is 26.3. The van der Waals surface area contributed by atoms with Crippen LogP contribution in [-0.4, -0.2) is 70.0 Å². The molecule has 8 heteroatoms. The van der Waals surface area contributed by atoms with Crippen LogP contribution in [0.2, 0.25) is 0 Å². The zero-order chi connectivity index (χ0) is 21.0. The van der Waals surface area contributed by atoms with Crippen LogP contribution in [0.25, 0.3) is 0 Å². The first-order chi connectivity index (χ1) is 14.8. The van der Waals surface area contributed by atoms with E-state index in [1.165, 1.54) is 38.2 Å². The lowest BCUT2D eigenvalue weighted by Gasteiger charge is -2.35. The molecule has 1 saturated carbocycles. The van der Waals surface area contributed by atoms with Crippen molar-refractivity contribution < 1.29 is 13.9 Å². The number of morpholine rings is 1. The normalized spacial score (nSPS) is 19.5. The van der Waals surface area contributed by atoms with Crippen LogP contribution in [0.1, 0.15) is 50.1 Å². The van der Waals surface area contributed by atoms with Gasteiger partial charge < -0.3 is 20.1 Å². The lowest BCUT2D eigenvalue weighted by atomic mass is 9.98. The van der Waals surface area contributed by atoms with E-state index < -0.39 is 0 Å². The molecule has 3 rings (SSSR count). The SMILES string of the molecule is CN=C(NCCCOC1CCCCC1)NCC(c1cccc(F)c1)N1CCOCC1.I. The molecule has 1 saturated heterocycles. The molecule has 2 fully saturated rings. The molecule has 1 aliphatic heterocycles. The van der Waals surface area contributed by atoms with Crippen LogP contribution in [0, 0.1) is 5.82 Å². The third kappa shape index (κ3) is 9.19. The molecule has 0 radical (unpaired) electrons. The highest BCUT2D eigenvalue weighted by Crippen LogP contribution is 2.22. The predicted molar refractivity (Wildman–Crippen MR) is 134 cm³/mol. The zero-order valence-electron chi connectivity index (χ0n) is 18.7. The number of nitrogens with zero attached hydrogens (tertiary/aromatic N) is 2. The summed E-state index contributed by atoms with van der Waals surface area (Å²) in [6.45, 7) is 5.35. The van der Waals surface area contributed by atoms with Gasteiger partial charge in [-0.25, -0.2) is 4.39 Å². The second-order valence-electron chi connectivity index (χ2n) is 8.08. The van der Waals surface area contributed by atoms with Crippen molar-refractivity contribution in [3.63, 3.8) is 0 Å². The first-order valence-corrected chi connectivity index (χ1v) is 11.4. The highest BCUT2D eigenvalue weighted by atomic mass is 127. The fraction of sp³-hybridized carbons (Fsp3) is 0.696. The highest BCUT2D eigenvalue weighted by molar-refractivity contribution is 14.0. The molecular formula is C23H38FIN4O2. The molecule has 2 aliphatic rings. The Kier molecular flexibility index (Phi) is 12.7. The third-order valence-corrected chi connectivity index (χ3v) is 5.93. The lowest BCUT2D eigenvalue weighted by Crippen LogP contribution is -2.46. The van der Waals surface area contributed by atoms with E-state index in [0.717, 1.165) is 44.2 Å². The van der Waals surface area contributed by atoms with E-state index >= 15 is 0 Å². The molecule has 0 amide bonds. The third-order valence-electron chi connectivity index (χ3n) is 5.93. The largest absolute Gasteiger partial charge is 0.379 e. The van der Waals surface area contributed by atoms with E-state index in [1.807, 2.05) is 6.07 Å². The summed E-state index contributed by atoms with van der Waals surface area (Å²) in [5.41, 5.74) is 0.973. The number of ether oxygens (including phenoxy) is 2. The van der Waals surface area contributed by atoms with Crippen molar-refractivity contribution in [2.45, 2.75) is 50.7 Å². The number of guanidine groups is 1. The van der Waals surface area contributed by atoms with Gasteiger partial charge in [-0.05, 0) is 37.0 Å². The van der Waals surface area contributed by atoms with Gasteiger partial charge >= 0.3 is 0 Å². The van der Waals surface area contributed by atoms with E-state index in [-0.39, 0.29) is 35.8 Å². The molecule has 1 heterocycles. The van der Waals surface area contributed by atoms with Gasteiger partial charge in [0.1, 0.15) is 5.82 Å². The van der Waals surface area contributed by atoms with Crippen molar-refractivity contribution in [1.29, 1.82) is 0 Å². The molecule has 1 atom stereocenters. The summed E-state index contributed by atoms with van der Waals surface area (Å²) in [4.78, 5) is 6.68. The summed E-state index contributed by atoms with van der Waals surface area (Å²) in [6.07, 6.45) is 7.78. The standard InChI is InChI=1S/C23H37FN4O2.HI/c1-25-23(26-11-6-14-30-21-9-3-2-4-10-21)27-18-22(28-12-15-29-16-13-28)19-7-5-8-20(24)17-19;/h5,7-8,17,21-22H,2-4,6,9-16,18H2,1H3,(H2,25,26,27);1H. The molecule has 0 aromatic heterocycles. The molecule has 0 bridgehead atoms. The van der Waals surface area contributed by atoms with Gasteiger partial charge in [-0.1, -0.05) is 31.4 Å². The van der Waals surface area contributed by atoms with Crippen LogP contribution >= 0.6 is 24.0 Å². The number of aliphatic imine (C=N–C) groups is 1. The Hall–Kier alpha value is -0.970. The van der Waals surface area contributed by atoms with Gasteiger partial charge in [0.25, 0.3) is 0 Å². The van der Waals surface area contributed by atoms with Gasteiger partial charge in [-0.15, -0.1) is 24.0 Å². The molecule has 6 nitrogen and oxygen atoms in total. The van der Waals surface area contributed by atoms with E-state index in [2.05, 4.69) is 20.5 Å². The number of nitrogens with one attached hydrogen (secondary N) is 2. The van der Waals surface area contributed by atoms with Crippen molar-refractivity contribution in [3.05, 3.63) is 35.6 Å². The lowest BCUT2D eigenvalue weighted by molar-refractivity contribution is 0.0169. The predicted octanol–water partition coefficient (Wildman–Crippen LogP) is 3.72. The summed E-state index contributed by atoms with van der Waals surface area (Å²) >= 11 is 0. The minimum absolute atomic E-state index is 0. The average Bonchev–Trinajstić information content (AvgIpc) is 2.79. The smallest absolute Gasteiger partial charge is 0.191 e. The summed E-state index contributed by atoms with van der Waals surface area (Å²) in [7, 11) is 1.78. The molecule has 1 aromatic rings. The Morgan fingerprint density at radius 2 is 2.00 bits per heavy atom. The number of benzene rings is 1. The number of halogens is 2. The van der Waals surface area contributed by atoms with Crippen LogP contribution in [-0.2, 0) is 9.47 Å². The van der Waals surface area contributed by atoms with E-state index in [1.54, 1.807) is 19.2 Å². The first-order valence-electron chi connectivity index (χ1n) is 11.4. The molecule has 1 unspecified atom stereocenters. The molecule has 1 aliphatic carbocycles. The number of rotatable bonds is 9. The van der Waals surface area contributed by atoms with Gasteiger partial charge in [0, 0.05) is 39.8 Å². The van der Waals surface area contributed by atoms with Crippen molar-refractivity contribution in [2.24, 2.45) is 4.99 Å². The van der Waals surface area contributed by atoms with Crippen molar-refractivity contribution >= 4 is 29.9 Å². The van der Waals surface area contributed by atoms with E-state index in [4.69, 9.17) is 9.47 Å². The Morgan fingerprint density at radius 3 is 2.71 bits per heavy atom. The van der Waals surface area contributed by atoms with Crippen molar-refractivity contribution in [2.75, 3.05) is 53.0 Å². The van der Waals surface area contributed by atoms with Gasteiger partial charge in [0.2, 0.25) is 0 Å². The highest BCUT2D eigenvalue weighted by Gasteiger charge is 2.23. The fourth-order valence-corrected chi connectivity index (χ4v) is 4.24. The van der Waals surface area contributed by atoms with E-state index in [0.29, 0.717) is 25.9 Å². The Morgan fingerprint density at radius 1 is 1.23 bits per heavy atom. The van der Waals surface area contributed by atoms with Crippen LogP contribution in [0.5, 0.6) is 0 Å². The summed E-state index contributed by atoms with van der Waals surface area (Å²) in [5, 5.41) is 6.79. The zero-order valence-corrected chi connectivity index (χ0v) is 21.0. The minimum Gasteiger partial charge on any atom is -0.379 e. The van der Waals surface area contributed by atoms with Crippen LogP contribution in [0.3, 0.4) is 0 Å². The summed E-state index contributed by atoms with van der Waals surface area (Å²) in [6, 6.07) is 6.95. The van der Waals surface area contributed by atoms with Gasteiger partial charge in [0.05, 0.1) is 25.4 Å². The molecule has 176 valence electrons. The van der Waals surface area contributed by atoms with E-state index in [9.17, 15) is 4.39 Å². The van der Waals surface area contributed by atoms with Gasteiger partial charge in [0.15, 0.2) is 5.96 Å². The maximum atomic E-state index is 13.8. The monoisotopic (exact) mass is 548 g/mol. The second kappa shape index (κ2) is 15.0. The van der Waals surface area contributed by atoms with Crippen molar-refractivity contribution in [3.8, 4) is 0 Å². The summed E-state index contributed by atoms with van der Waals surface area (Å²) in [5.74, 6) is 0.563. The maximum Gasteiger partial charge on any atom is 0.191 e.